The van der Waals surface area contributed by atoms with Crippen molar-refractivity contribution in [2.75, 3.05) is 19.4 Å². The van der Waals surface area contributed by atoms with E-state index in [4.69, 9.17) is 11.6 Å². The van der Waals surface area contributed by atoms with Crippen LogP contribution in [0.3, 0.4) is 0 Å². The van der Waals surface area contributed by atoms with E-state index in [9.17, 15) is 9.59 Å². The van der Waals surface area contributed by atoms with Gasteiger partial charge in [-0.05, 0) is 55.3 Å². The van der Waals surface area contributed by atoms with Crippen molar-refractivity contribution in [1.29, 1.82) is 0 Å². The molecule has 0 spiro atoms. The Morgan fingerprint density at radius 3 is 2.39 bits per heavy atom. The highest BCUT2D eigenvalue weighted by molar-refractivity contribution is 6.31. The zero-order valence-corrected chi connectivity index (χ0v) is 14.4. The molecule has 4 nitrogen and oxygen atoms in total. The number of rotatable bonds is 3. The minimum Gasteiger partial charge on any atom is -0.345 e. The van der Waals surface area contributed by atoms with Gasteiger partial charge in [0.05, 0.1) is 0 Å². The molecule has 0 bridgehead atoms. The van der Waals surface area contributed by atoms with Crippen molar-refractivity contribution < 1.29 is 9.59 Å². The summed E-state index contributed by atoms with van der Waals surface area (Å²) in [5, 5.41) is 3.48. The van der Waals surface area contributed by atoms with Crippen molar-refractivity contribution in [2.24, 2.45) is 0 Å². The third-order valence-electron chi connectivity index (χ3n) is 3.64. The van der Waals surface area contributed by atoms with Crippen molar-refractivity contribution >= 4 is 29.1 Å². The van der Waals surface area contributed by atoms with Crippen molar-refractivity contribution in [3.8, 4) is 0 Å². The van der Waals surface area contributed by atoms with Gasteiger partial charge in [0, 0.05) is 35.9 Å². The van der Waals surface area contributed by atoms with Crippen LogP contribution in [0.4, 0.5) is 5.69 Å². The second kappa shape index (κ2) is 6.84. The zero-order valence-electron chi connectivity index (χ0n) is 13.6. The van der Waals surface area contributed by atoms with Crippen LogP contribution in [0.15, 0.2) is 36.4 Å². The van der Waals surface area contributed by atoms with E-state index in [0.717, 1.165) is 11.1 Å². The van der Waals surface area contributed by atoms with Crippen molar-refractivity contribution in [1.82, 2.24) is 4.90 Å². The van der Waals surface area contributed by atoms with Gasteiger partial charge in [0.25, 0.3) is 11.8 Å². The Balaban J connectivity index is 2.29. The molecule has 0 saturated carbocycles. The monoisotopic (exact) mass is 330 g/mol. The first-order valence-corrected chi connectivity index (χ1v) is 7.58. The number of anilines is 1. The lowest BCUT2D eigenvalue weighted by atomic mass is 10.0. The quantitative estimate of drug-likeness (QED) is 0.927. The summed E-state index contributed by atoms with van der Waals surface area (Å²) in [7, 11) is 3.40. The van der Waals surface area contributed by atoms with Crippen molar-refractivity contribution in [3.05, 3.63) is 63.7 Å². The van der Waals surface area contributed by atoms with Crippen LogP contribution >= 0.6 is 11.6 Å². The highest BCUT2D eigenvalue weighted by atomic mass is 35.5. The molecule has 2 aromatic carbocycles. The predicted molar refractivity (Wildman–Crippen MR) is 93.3 cm³/mol. The minimum absolute atomic E-state index is 0.0964. The fourth-order valence-corrected chi connectivity index (χ4v) is 2.34. The number of hydrogen-bond donors (Lipinski definition) is 1. The van der Waals surface area contributed by atoms with Gasteiger partial charge in [-0.3, -0.25) is 9.59 Å². The summed E-state index contributed by atoms with van der Waals surface area (Å²) in [4.78, 5) is 26.1. The Morgan fingerprint density at radius 2 is 1.78 bits per heavy atom. The third kappa shape index (κ3) is 3.71. The second-order valence-corrected chi connectivity index (χ2v) is 6.00. The molecule has 0 aliphatic carbocycles. The van der Waals surface area contributed by atoms with E-state index in [2.05, 4.69) is 5.32 Å². The van der Waals surface area contributed by atoms with E-state index < -0.39 is 0 Å². The SMILES string of the molecule is Cc1cc(C(=O)Nc2cccc(C(=O)N(C)C)c2C)ccc1Cl. The first-order valence-electron chi connectivity index (χ1n) is 7.20. The minimum atomic E-state index is -0.234. The molecule has 0 atom stereocenters. The summed E-state index contributed by atoms with van der Waals surface area (Å²) in [6, 6.07) is 10.4. The molecule has 0 unspecified atom stereocenters. The fourth-order valence-electron chi connectivity index (χ4n) is 2.22. The maximum atomic E-state index is 12.4. The van der Waals surface area contributed by atoms with Gasteiger partial charge in [-0.1, -0.05) is 17.7 Å². The molecule has 2 amide bonds. The summed E-state index contributed by atoms with van der Waals surface area (Å²) in [6.07, 6.45) is 0. The Kier molecular flexibility index (Phi) is 5.06. The Bertz CT molecular complexity index is 770. The Labute approximate surface area is 141 Å². The molecular weight excluding hydrogens is 312 g/mol. The molecule has 0 fully saturated rings. The van der Waals surface area contributed by atoms with E-state index in [1.807, 2.05) is 13.8 Å². The maximum Gasteiger partial charge on any atom is 0.255 e. The normalized spacial score (nSPS) is 10.3. The van der Waals surface area contributed by atoms with Crippen LogP contribution in [-0.4, -0.2) is 30.8 Å². The molecule has 1 N–H and O–H groups in total. The number of carbonyl (C=O) groups is 2. The standard InChI is InChI=1S/C18H19ClN2O2/c1-11-10-13(8-9-15(11)19)17(22)20-16-7-5-6-14(12(16)2)18(23)21(3)4/h5-10H,1-4H3,(H,20,22). The molecule has 23 heavy (non-hydrogen) atoms. The molecular formula is C18H19ClN2O2. The van der Waals surface area contributed by atoms with Gasteiger partial charge in [-0.15, -0.1) is 0 Å². The lowest BCUT2D eigenvalue weighted by Gasteiger charge is -2.15. The van der Waals surface area contributed by atoms with Crippen LogP contribution in [0.2, 0.25) is 5.02 Å². The molecule has 0 aliphatic rings. The lowest BCUT2D eigenvalue weighted by molar-refractivity contribution is 0.0826. The average Bonchev–Trinajstić information content (AvgIpc) is 2.51. The molecule has 2 rings (SSSR count). The van der Waals surface area contributed by atoms with Gasteiger partial charge in [0.2, 0.25) is 0 Å². The number of nitrogens with one attached hydrogen (secondary N) is 1. The smallest absolute Gasteiger partial charge is 0.255 e. The van der Waals surface area contributed by atoms with E-state index in [0.29, 0.717) is 21.8 Å². The number of halogens is 1. The first kappa shape index (κ1) is 17.0. The summed E-state index contributed by atoms with van der Waals surface area (Å²) in [5.74, 6) is -0.330. The van der Waals surface area contributed by atoms with E-state index >= 15 is 0 Å². The molecule has 0 aliphatic heterocycles. The summed E-state index contributed by atoms with van der Waals surface area (Å²) in [6.45, 7) is 3.67. The highest BCUT2D eigenvalue weighted by Gasteiger charge is 2.15. The van der Waals surface area contributed by atoms with Crippen LogP contribution in [0.25, 0.3) is 0 Å². The number of hydrogen-bond acceptors (Lipinski definition) is 2. The lowest BCUT2D eigenvalue weighted by Crippen LogP contribution is -2.23. The third-order valence-corrected chi connectivity index (χ3v) is 4.06. The van der Waals surface area contributed by atoms with Crippen LogP contribution in [-0.2, 0) is 0 Å². The van der Waals surface area contributed by atoms with Gasteiger partial charge in [-0.25, -0.2) is 0 Å². The molecule has 2 aromatic rings. The van der Waals surface area contributed by atoms with Crippen LogP contribution < -0.4 is 5.32 Å². The van der Waals surface area contributed by atoms with Crippen molar-refractivity contribution in [3.63, 3.8) is 0 Å². The number of amides is 2. The van der Waals surface area contributed by atoms with Crippen LogP contribution in [0.5, 0.6) is 0 Å². The van der Waals surface area contributed by atoms with Gasteiger partial charge in [0.15, 0.2) is 0 Å². The molecule has 0 heterocycles. The predicted octanol–water partition coefficient (Wildman–Crippen LogP) is 3.91. The Morgan fingerprint density at radius 1 is 1.09 bits per heavy atom. The number of carbonyl (C=O) groups excluding carboxylic acids is 2. The number of benzene rings is 2. The highest BCUT2D eigenvalue weighted by Crippen LogP contribution is 2.22. The second-order valence-electron chi connectivity index (χ2n) is 5.60. The first-order chi connectivity index (χ1) is 10.8. The van der Waals surface area contributed by atoms with Crippen LogP contribution in [0, 0.1) is 13.8 Å². The summed E-state index contributed by atoms with van der Waals surface area (Å²) < 4.78 is 0. The number of nitrogens with zero attached hydrogens (tertiary/aromatic N) is 1. The van der Waals surface area contributed by atoms with Crippen LogP contribution in [0.1, 0.15) is 31.8 Å². The molecule has 120 valence electrons. The topological polar surface area (TPSA) is 49.4 Å². The largest absolute Gasteiger partial charge is 0.345 e. The number of aryl methyl sites for hydroxylation is 1. The molecule has 5 heteroatoms. The van der Waals surface area contributed by atoms with E-state index in [1.165, 1.54) is 4.90 Å². The maximum absolute atomic E-state index is 12.4. The summed E-state index contributed by atoms with van der Waals surface area (Å²) >= 11 is 5.98. The average molecular weight is 331 g/mol. The van der Waals surface area contributed by atoms with E-state index in [-0.39, 0.29) is 11.8 Å². The Hall–Kier alpha value is -2.33. The van der Waals surface area contributed by atoms with Crippen molar-refractivity contribution in [2.45, 2.75) is 13.8 Å². The van der Waals surface area contributed by atoms with Gasteiger partial charge in [-0.2, -0.15) is 0 Å². The van der Waals surface area contributed by atoms with Gasteiger partial charge in [0.1, 0.15) is 0 Å². The van der Waals surface area contributed by atoms with E-state index in [1.54, 1.807) is 50.5 Å². The van der Waals surface area contributed by atoms with Gasteiger partial charge < -0.3 is 10.2 Å². The molecule has 0 aromatic heterocycles. The van der Waals surface area contributed by atoms with Gasteiger partial charge >= 0.3 is 0 Å². The molecule has 0 saturated heterocycles. The summed E-state index contributed by atoms with van der Waals surface area (Å²) in [5.41, 5.74) is 3.30. The zero-order chi connectivity index (χ0) is 17.1. The molecule has 0 radical (unpaired) electrons. The fraction of sp³-hybridized carbons (Fsp3) is 0.222.